The van der Waals surface area contributed by atoms with E-state index in [9.17, 15) is 0 Å². The molecule has 1 unspecified atom stereocenters. The summed E-state index contributed by atoms with van der Waals surface area (Å²) >= 11 is 0. The minimum atomic E-state index is -0.0517. The van der Waals surface area contributed by atoms with Gasteiger partial charge in [0.15, 0.2) is 0 Å². The van der Waals surface area contributed by atoms with E-state index >= 15 is 0 Å². The van der Waals surface area contributed by atoms with Gasteiger partial charge in [-0.1, -0.05) is 0 Å². The highest BCUT2D eigenvalue weighted by molar-refractivity contribution is 5.43. The number of hydrogen-bond acceptors (Lipinski definition) is 4. The molecule has 1 heterocycles. The van der Waals surface area contributed by atoms with Crippen LogP contribution in [0.3, 0.4) is 0 Å². The number of aliphatic hydroxyl groups excluding tert-OH is 2. The van der Waals surface area contributed by atoms with Gasteiger partial charge in [-0.2, -0.15) is 0 Å². The van der Waals surface area contributed by atoms with Crippen molar-refractivity contribution in [2.24, 2.45) is 0 Å². The molecule has 2 N–H and O–H groups in total. The van der Waals surface area contributed by atoms with Crippen molar-refractivity contribution in [2.75, 3.05) is 25.2 Å². The van der Waals surface area contributed by atoms with Crippen LogP contribution < -0.4 is 4.90 Å². The molecule has 14 heavy (non-hydrogen) atoms. The Morgan fingerprint density at radius 2 is 2.29 bits per heavy atom. The van der Waals surface area contributed by atoms with E-state index in [1.807, 2.05) is 24.1 Å². The number of anilines is 1. The minimum absolute atomic E-state index is 0.0337. The molecule has 1 aromatic rings. The largest absolute Gasteiger partial charge is 0.396 e. The first-order valence-electron chi connectivity index (χ1n) is 4.64. The number of nitrogens with zero attached hydrogens (tertiary/aromatic N) is 2. The van der Waals surface area contributed by atoms with Gasteiger partial charge >= 0.3 is 0 Å². The molecule has 0 bridgehead atoms. The summed E-state index contributed by atoms with van der Waals surface area (Å²) in [6.45, 7) is 0.113. The molecule has 0 radical (unpaired) electrons. The summed E-state index contributed by atoms with van der Waals surface area (Å²) in [5.74, 6) is 0. The zero-order chi connectivity index (χ0) is 10.4. The van der Waals surface area contributed by atoms with Crippen molar-refractivity contribution in [3.8, 4) is 0 Å². The first-order chi connectivity index (χ1) is 6.79. The molecule has 0 aromatic carbocycles. The molecule has 1 rings (SSSR count). The lowest BCUT2D eigenvalue weighted by molar-refractivity contribution is 0.218. The van der Waals surface area contributed by atoms with E-state index in [2.05, 4.69) is 4.98 Å². The van der Waals surface area contributed by atoms with Gasteiger partial charge in [-0.05, 0) is 18.6 Å². The Labute approximate surface area is 83.8 Å². The Kier molecular flexibility index (Phi) is 4.35. The minimum Gasteiger partial charge on any atom is -0.396 e. The fourth-order valence-corrected chi connectivity index (χ4v) is 1.33. The second-order valence-corrected chi connectivity index (χ2v) is 3.17. The average molecular weight is 196 g/mol. The van der Waals surface area contributed by atoms with E-state index in [1.54, 1.807) is 12.4 Å². The lowest BCUT2D eigenvalue weighted by Gasteiger charge is -2.27. The molecule has 78 valence electrons. The Hall–Kier alpha value is -1.13. The third kappa shape index (κ3) is 2.68. The van der Waals surface area contributed by atoms with Gasteiger partial charge in [0, 0.05) is 19.9 Å². The normalized spacial score (nSPS) is 12.5. The fourth-order valence-electron chi connectivity index (χ4n) is 1.33. The zero-order valence-corrected chi connectivity index (χ0v) is 8.30. The summed E-state index contributed by atoms with van der Waals surface area (Å²) < 4.78 is 0. The number of hydrogen-bond donors (Lipinski definition) is 2. The lowest BCUT2D eigenvalue weighted by Crippen LogP contribution is -2.35. The monoisotopic (exact) mass is 196 g/mol. The molecule has 4 heteroatoms. The van der Waals surface area contributed by atoms with E-state index < -0.39 is 0 Å². The summed E-state index contributed by atoms with van der Waals surface area (Å²) in [4.78, 5) is 5.92. The van der Waals surface area contributed by atoms with Crippen LogP contribution in [0.4, 0.5) is 5.69 Å². The third-order valence-corrected chi connectivity index (χ3v) is 2.27. The highest BCUT2D eigenvalue weighted by atomic mass is 16.3. The van der Waals surface area contributed by atoms with Crippen LogP contribution in [0, 0.1) is 0 Å². The molecular weight excluding hydrogens is 180 g/mol. The maximum atomic E-state index is 9.12. The third-order valence-electron chi connectivity index (χ3n) is 2.27. The van der Waals surface area contributed by atoms with Gasteiger partial charge in [0.05, 0.1) is 24.5 Å². The molecule has 0 saturated heterocycles. The van der Waals surface area contributed by atoms with E-state index in [1.165, 1.54) is 0 Å². The predicted octanol–water partition coefficient (Wildman–Crippen LogP) is 0.261. The van der Waals surface area contributed by atoms with Gasteiger partial charge in [0.25, 0.3) is 0 Å². The van der Waals surface area contributed by atoms with E-state index in [0.29, 0.717) is 6.42 Å². The number of aromatic nitrogens is 1. The Morgan fingerprint density at radius 1 is 1.50 bits per heavy atom. The van der Waals surface area contributed by atoms with Crippen LogP contribution in [0.25, 0.3) is 0 Å². The summed E-state index contributed by atoms with van der Waals surface area (Å²) in [5, 5.41) is 17.9. The number of likely N-dealkylation sites (N-methyl/N-ethyl adjacent to an activating group) is 1. The molecule has 0 saturated carbocycles. The maximum absolute atomic E-state index is 9.12. The van der Waals surface area contributed by atoms with Crippen LogP contribution in [-0.2, 0) is 0 Å². The van der Waals surface area contributed by atoms with E-state index in [0.717, 1.165) is 5.69 Å². The molecule has 0 spiro atoms. The van der Waals surface area contributed by atoms with Crippen molar-refractivity contribution in [2.45, 2.75) is 12.5 Å². The number of pyridine rings is 1. The Balaban J connectivity index is 2.67. The van der Waals surface area contributed by atoms with Gasteiger partial charge in [-0.25, -0.2) is 0 Å². The van der Waals surface area contributed by atoms with Crippen LogP contribution in [0.5, 0.6) is 0 Å². The zero-order valence-electron chi connectivity index (χ0n) is 8.30. The summed E-state index contributed by atoms with van der Waals surface area (Å²) in [6.07, 6.45) is 4.00. The van der Waals surface area contributed by atoms with Crippen molar-refractivity contribution in [1.82, 2.24) is 4.98 Å². The van der Waals surface area contributed by atoms with Gasteiger partial charge in [0.2, 0.25) is 0 Å². The van der Waals surface area contributed by atoms with Crippen molar-refractivity contribution in [1.29, 1.82) is 0 Å². The van der Waals surface area contributed by atoms with Crippen molar-refractivity contribution >= 4 is 5.69 Å². The molecule has 1 aromatic heterocycles. The Morgan fingerprint density at radius 3 is 2.79 bits per heavy atom. The van der Waals surface area contributed by atoms with Gasteiger partial charge in [-0.3, -0.25) is 4.98 Å². The predicted molar refractivity (Wildman–Crippen MR) is 55.2 cm³/mol. The molecule has 0 fully saturated rings. The van der Waals surface area contributed by atoms with E-state index in [-0.39, 0.29) is 19.3 Å². The first-order valence-corrected chi connectivity index (χ1v) is 4.64. The second kappa shape index (κ2) is 5.57. The Bertz CT molecular complexity index is 254. The maximum Gasteiger partial charge on any atom is 0.0635 e. The lowest BCUT2D eigenvalue weighted by atomic mass is 10.2. The number of aliphatic hydroxyl groups is 2. The highest BCUT2D eigenvalue weighted by Crippen LogP contribution is 2.14. The van der Waals surface area contributed by atoms with Gasteiger partial charge < -0.3 is 15.1 Å². The molecule has 0 aliphatic carbocycles. The van der Waals surface area contributed by atoms with E-state index in [4.69, 9.17) is 10.2 Å². The molecule has 0 amide bonds. The second-order valence-electron chi connectivity index (χ2n) is 3.17. The molecular formula is C10H16N2O2. The standard InChI is InChI=1S/C10H16N2O2/c1-12(10(8-14)4-6-13)9-3-2-5-11-7-9/h2-3,5,7,10,13-14H,4,6,8H2,1H3. The molecule has 4 nitrogen and oxygen atoms in total. The SMILES string of the molecule is CN(c1cccnc1)C(CO)CCO. The van der Waals surface area contributed by atoms with Crippen LogP contribution >= 0.6 is 0 Å². The highest BCUT2D eigenvalue weighted by Gasteiger charge is 2.13. The molecule has 0 aliphatic heterocycles. The smallest absolute Gasteiger partial charge is 0.0635 e. The molecule has 0 aliphatic rings. The van der Waals surface area contributed by atoms with Crippen molar-refractivity contribution in [3.05, 3.63) is 24.5 Å². The van der Waals surface area contributed by atoms with Gasteiger partial charge in [0.1, 0.15) is 0 Å². The van der Waals surface area contributed by atoms with Crippen LogP contribution in [0.15, 0.2) is 24.5 Å². The van der Waals surface area contributed by atoms with Crippen LogP contribution in [0.2, 0.25) is 0 Å². The summed E-state index contributed by atoms with van der Waals surface area (Å²) in [7, 11) is 1.88. The summed E-state index contributed by atoms with van der Waals surface area (Å²) in [6, 6.07) is 3.72. The van der Waals surface area contributed by atoms with Crippen molar-refractivity contribution in [3.63, 3.8) is 0 Å². The quantitative estimate of drug-likeness (QED) is 0.709. The van der Waals surface area contributed by atoms with Gasteiger partial charge in [-0.15, -0.1) is 0 Å². The summed E-state index contributed by atoms with van der Waals surface area (Å²) in [5.41, 5.74) is 0.944. The topological polar surface area (TPSA) is 56.6 Å². The number of rotatable bonds is 5. The fraction of sp³-hybridized carbons (Fsp3) is 0.500. The van der Waals surface area contributed by atoms with Crippen LogP contribution in [-0.4, -0.2) is 41.5 Å². The molecule has 1 atom stereocenters. The van der Waals surface area contributed by atoms with Crippen molar-refractivity contribution < 1.29 is 10.2 Å². The first kappa shape index (κ1) is 10.9. The average Bonchev–Trinajstić information content (AvgIpc) is 2.26. The van der Waals surface area contributed by atoms with Crippen LogP contribution in [0.1, 0.15) is 6.42 Å².